The number of nitrogens with zero attached hydrogens (tertiary/aromatic N) is 3. The van der Waals surface area contributed by atoms with E-state index < -0.39 is 17.8 Å². The lowest BCUT2D eigenvalue weighted by Gasteiger charge is -2.04. The van der Waals surface area contributed by atoms with Gasteiger partial charge in [-0.1, -0.05) is 13.8 Å². The van der Waals surface area contributed by atoms with Gasteiger partial charge in [-0.25, -0.2) is 14.3 Å². The predicted molar refractivity (Wildman–Crippen MR) is 56.3 cm³/mol. The van der Waals surface area contributed by atoms with Crippen LogP contribution >= 0.6 is 0 Å². The molecule has 0 fully saturated rings. The number of carboxylic acids is 1. The number of hydrogen-bond donors (Lipinski definition) is 1. The Morgan fingerprint density at radius 1 is 1.33 bits per heavy atom. The van der Waals surface area contributed by atoms with Gasteiger partial charge in [-0.2, -0.15) is 18.3 Å². The van der Waals surface area contributed by atoms with E-state index >= 15 is 0 Å². The van der Waals surface area contributed by atoms with Crippen molar-refractivity contribution in [2.45, 2.75) is 20.0 Å². The molecule has 1 N–H and O–H groups in total. The minimum absolute atomic E-state index is 0.0467. The Hall–Kier alpha value is -2.12. The van der Waals surface area contributed by atoms with Gasteiger partial charge in [-0.05, 0) is 12.1 Å². The fourth-order valence-corrected chi connectivity index (χ4v) is 1.14. The maximum atomic E-state index is 12.3. The third kappa shape index (κ3) is 2.76. The highest BCUT2D eigenvalue weighted by atomic mass is 19.4. The number of rotatable bonds is 1. The van der Waals surface area contributed by atoms with Crippen LogP contribution < -0.4 is 0 Å². The SMILES string of the molecule is CC.O=C(O)c1cn2nc(C(F)(F)F)ccc2n1. The van der Waals surface area contributed by atoms with Gasteiger partial charge < -0.3 is 5.11 Å². The molecule has 0 amide bonds. The number of imidazole rings is 1. The van der Waals surface area contributed by atoms with Crippen molar-refractivity contribution in [2.75, 3.05) is 0 Å². The molecule has 0 saturated heterocycles. The van der Waals surface area contributed by atoms with Crippen LogP contribution in [0.2, 0.25) is 0 Å². The molecule has 0 aliphatic carbocycles. The van der Waals surface area contributed by atoms with Crippen molar-refractivity contribution in [2.24, 2.45) is 0 Å². The van der Waals surface area contributed by atoms with Crippen molar-refractivity contribution in [3.8, 4) is 0 Å². The molecule has 2 heterocycles. The van der Waals surface area contributed by atoms with Crippen LogP contribution in [0.3, 0.4) is 0 Å². The van der Waals surface area contributed by atoms with Crippen LogP contribution in [0, 0.1) is 0 Å². The van der Waals surface area contributed by atoms with Crippen molar-refractivity contribution in [1.29, 1.82) is 0 Å². The lowest BCUT2D eigenvalue weighted by atomic mass is 10.4. The maximum absolute atomic E-state index is 12.3. The van der Waals surface area contributed by atoms with Gasteiger partial charge in [0.15, 0.2) is 17.0 Å². The van der Waals surface area contributed by atoms with Crippen molar-refractivity contribution in [3.05, 3.63) is 29.7 Å². The smallest absolute Gasteiger partial charge is 0.435 e. The third-order valence-electron chi connectivity index (χ3n) is 1.83. The summed E-state index contributed by atoms with van der Waals surface area (Å²) in [4.78, 5) is 14.1. The molecule has 2 aromatic rings. The third-order valence-corrected chi connectivity index (χ3v) is 1.83. The van der Waals surface area contributed by atoms with Crippen LogP contribution in [0.25, 0.3) is 5.65 Å². The first-order chi connectivity index (χ1) is 8.38. The second-order valence-electron chi connectivity index (χ2n) is 2.95. The number of aromatic nitrogens is 3. The van der Waals surface area contributed by atoms with E-state index in [1.54, 1.807) is 0 Å². The van der Waals surface area contributed by atoms with Crippen LogP contribution in [0.1, 0.15) is 30.0 Å². The highest BCUT2D eigenvalue weighted by Crippen LogP contribution is 2.27. The average molecular weight is 261 g/mol. The van der Waals surface area contributed by atoms with Gasteiger partial charge >= 0.3 is 12.1 Å². The standard InChI is InChI=1S/C8H4F3N3O2.C2H6/c9-8(10,11)5-1-2-6-12-4(7(15)16)3-14(6)13-5;1-2/h1-3H,(H,15,16);1-2H3. The molecule has 8 heteroatoms. The van der Waals surface area contributed by atoms with E-state index in [2.05, 4.69) is 10.1 Å². The van der Waals surface area contributed by atoms with E-state index in [4.69, 9.17) is 5.11 Å². The molecule has 0 saturated carbocycles. The van der Waals surface area contributed by atoms with Crippen LogP contribution in [0.5, 0.6) is 0 Å². The molecule has 5 nitrogen and oxygen atoms in total. The minimum atomic E-state index is -4.57. The summed E-state index contributed by atoms with van der Waals surface area (Å²) in [5, 5.41) is 11.8. The Labute approximate surface area is 99.9 Å². The second-order valence-corrected chi connectivity index (χ2v) is 2.95. The molecule has 0 bridgehead atoms. The normalized spacial score (nSPS) is 10.9. The summed E-state index contributed by atoms with van der Waals surface area (Å²) in [5.41, 5.74) is -1.41. The fourth-order valence-electron chi connectivity index (χ4n) is 1.14. The van der Waals surface area contributed by atoms with Gasteiger partial charge in [0, 0.05) is 0 Å². The highest BCUT2D eigenvalue weighted by Gasteiger charge is 2.33. The van der Waals surface area contributed by atoms with E-state index in [0.717, 1.165) is 22.8 Å². The van der Waals surface area contributed by atoms with Crippen molar-refractivity contribution < 1.29 is 23.1 Å². The lowest BCUT2D eigenvalue weighted by molar-refractivity contribution is -0.141. The first kappa shape index (κ1) is 13.9. The predicted octanol–water partition coefficient (Wildman–Crippen LogP) is 2.47. The number of carboxylic acid groups (broad SMARTS) is 1. The van der Waals surface area contributed by atoms with Gasteiger partial charge in [0.05, 0.1) is 6.20 Å². The van der Waals surface area contributed by atoms with Gasteiger partial charge in [0.2, 0.25) is 0 Å². The Morgan fingerprint density at radius 2 is 1.94 bits per heavy atom. The molecule has 0 aromatic carbocycles. The number of alkyl halides is 3. The fraction of sp³-hybridized carbons (Fsp3) is 0.300. The Morgan fingerprint density at radius 3 is 2.44 bits per heavy atom. The molecule has 0 atom stereocenters. The molecule has 0 radical (unpaired) electrons. The zero-order chi connectivity index (χ0) is 13.9. The Bertz CT molecular complexity index is 563. The zero-order valence-electron chi connectivity index (χ0n) is 9.56. The van der Waals surface area contributed by atoms with Crippen molar-refractivity contribution >= 4 is 11.6 Å². The van der Waals surface area contributed by atoms with E-state index in [1.165, 1.54) is 0 Å². The number of aromatic carboxylic acids is 1. The molecule has 98 valence electrons. The summed E-state index contributed by atoms with van der Waals surface area (Å²) in [6, 6.07) is 1.80. The lowest BCUT2D eigenvalue weighted by Crippen LogP contribution is -2.10. The number of halogens is 3. The van der Waals surface area contributed by atoms with Crippen molar-refractivity contribution in [1.82, 2.24) is 14.6 Å². The van der Waals surface area contributed by atoms with Crippen LogP contribution in [0.15, 0.2) is 18.3 Å². The molecule has 0 aliphatic rings. The average Bonchev–Trinajstić information content (AvgIpc) is 2.73. The molecule has 18 heavy (non-hydrogen) atoms. The monoisotopic (exact) mass is 261 g/mol. The highest BCUT2D eigenvalue weighted by molar-refractivity contribution is 5.85. The molecule has 2 aromatic heterocycles. The van der Waals surface area contributed by atoms with Crippen molar-refractivity contribution in [3.63, 3.8) is 0 Å². The summed E-state index contributed by atoms with van der Waals surface area (Å²) < 4.78 is 37.6. The maximum Gasteiger partial charge on any atom is 0.435 e. The van der Waals surface area contributed by atoms with E-state index in [-0.39, 0.29) is 11.3 Å². The van der Waals surface area contributed by atoms with E-state index in [9.17, 15) is 18.0 Å². The first-order valence-electron chi connectivity index (χ1n) is 5.05. The zero-order valence-corrected chi connectivity index (χ0v) is 9.56. The van der Waals surface area contributed by atoms with E-state index in [0.29, 0.717) is 0 Å². The van der Waals surface area contributed by atoms with Gasteiger partial charge in [0.25, 0.3) is 0 Å². The molecule has 0 unspecified atom stereocenters. The topological polar surface area (TPSA) is 67.5 Å². The Balaban J connectivity index is 0.000000771. The molecule has 2 rings (SSSR count). The summed E-state index contributed by atoms with van der Waals surface area (Å²) in [6.07, 6.45) is -3.64. The molecular formula is C10H10F3N3O2. The minimum Gasteiger partial charge on any atom is -0.476 e. The Kier molecular flexibility index (Phi) is 3.89. The summed E-state index contributed by atoms with van der Waals surface area (Å²) >= 11 is 0. The summed E-state index contributed by atoms with van der Waals surface area (Å²) in [6.45, 7) is 4.00. The van der Waals surface area contributed by atoms with Crippen LogP contribution in [-0.4, -0.2) is 25.7 Å². The van der Waals surface area contributed by atoms with Gasteiger partial charge in [0.1, 0.15) is 0 Å². The van der Waals surface area contributed by atoms with Crippen LogP contribution in [-0.2, 0) is 6.18 Å². The number of fused-ring (bicyclic) bond motifs is 1. The number of carbonyl (C=O) groups is 1. The second kappa shape index (κ2) is 5.03. The molecule has 0 spiro atoms. The molecular weight excluding hydrogens is 251 g/mol. The first-order valence-corrected chi connectivity index (χ1v) is 5.05. The van der Waals surface area contributed by atoms with E-state index in [1.807, 2.05) is 13.8 Å². The van der Waals surface area contributed by atoms with Crippen LogP contribution in [0.4, 0.5) is 13.2 Å². The molecule has 0 aliphatic heterocycles. The van der Waals surface area contributed by atoms with Gasteiger partial charge in [-0.3, -0.25) is 0 Å². The number of hydrogen-bond acceptors (Lipinski definition) is 3. The van der Waals surface area contributed by atoms with Gasteiger partial charge in [-0.15, -0.1) is 0 Å². The summed E-state index contributed by atoms with van der Waals surface area (Å²) in [7, 11) is 0. The quantitative estimate of drug-likeness (QED) is 0.856. The largest absolute Gasteiger partial charge is 0.476 e. The summed E-state index contributed by atoms with van der Waals surface area (Å²) in [5.74, 6) is -1.32.